The van der Waals surface area contributed by atoms with Crippen LogP contribution in [-0.4, -0.2) is 59.8 Å². The van der Waals surface area contributed by atoms with Crippen LogP contribution in [0.25, 0.3) is 10.6 Å². The number of hydrogen-bond acceptors (Lipinski definition) is 7. The Hall–Kier alpha value is -2.56. The van der Waals surface area contributed by atoms with E-state index in [1.165, 1.54) is 15.6 Å². The fraction of sp³-hybridized carbons (Fsp3) is 0.316. The Balaban J connectivity index is 1.45. The van der Waals surface area contributed by atoms with Gasteiger partial charge in [-0.3, -0.25) is 4.79 Å². The molecular formula is C19H20N4O4S2. The molecule has 1 fully saturated rings. The lowest BCUT2D eigenvalue weighted by molar-refractivity contribution is 0.0693. The second-order valence-corrected chi connectivity index (χ2v) is 9.49. The summed E-state index contributed by atoms with van der Waals surface area (Å²) < 4.78 is 32.2. The number of sulfonamides is 1. The monoisotopic (exact) mass is 432 g/mol. The molecule has 1 aromatic carbocycles. The highest BCUT2D eigenvalue weighted by atomic mass is 32.2. The molecule has 1 aliphatic rings. The van der Waals surface area contributed by atoms with E-state index in [0.717, 1.165) is 10.6 Å². The van der Waals surface area contributed by atoms with Crippen molar-refractivity contribution in [1.82, 2.24) is 19.3 Å². The number of benzene rings is 1. The minimum Gasteiger partial charge on any atom is -0.360 e. The van der Waals surface area contributed by atoms with E-state index in [2.05, 4.69) is 10.1 Å². The third-order valence-electron chi connectivity index (χ3n) is 4.84. The van der Waals surface area contributed by atoms with Crippen molar-refractivity contribution in [2.45, 2.75) is 18.7 Å². The Morgan fingerprint density at radius 2 is 1.79 bits per heavy atom. The second kappa shape index (κ2) is 7.69. The van der Waals surface area contributed by atoms with E-state index in [9.17, 15) is 13.2 Å². The number of rotatable bonds is 4. The predicted molar refractivity (Wildman–Crippen MR) is 108 cm³/mol. The summed E-state index contributed by atoms with van der Waals surface area (Å²) in [6.45, 7) is 4.23. The molecule has 0 unspecified atom stereocenters. The molecule has 1 aliphatic heterocycles. The number of hydrogen-bond donors (Lipinski definition) is 0. The minimum atomic E-state index is -3.70. The van der Waals surface area contributed by atoms with E-state index < -0.39 is 10.0 Å². The summed E-state index contributed by atoms with van der Waals surface area (Å²) >= 11 is 1.42. The third kappa shape index (κ3) is 3.70. The number of carbonyl (C=O) groups excluding carboxylic acids is 1. The summed E-state index contributed by atoms with van der Waals surface area (Å²) in [5.41, 5.74) is 1.69. The van der Waals surface area contributed by atoms with Gasteiger partial charge in [-0.1, -0.05) is 35.5 Å². The molecule has 0 N–H and O–H groups in total. The van der Waals surface area contributed by atoms with Crippen molar-refractivity contribution in [2.75, 3.05) is 26.2 Å². The Kier molecular flexibility index (Phi) is 5.24. The zero-order valence-corrected chi connectivity index (χ0v) is 17.7. The van der Waals surface area contributed by atoms with Crippen LogP contribution in [0.4, 0.5) is 0 Å². The zero-order chi connectivity index (χ0) is 20.6. The summed E-state index contributed by atoms with van der Waals surface area (Å²) in [4.78, 5) is 19.0. The minimum absolute atomic E-state index is 0.115. The lowest BCUT2D eigenvalue weighted by Crippen LogP contribution is -2.50. The van der Waals surface area contributed by atoms with Gasteiger partial charge in [0.2, 0.25) is 10.0 Å². The van der Waals surface area contributed by atoms with Gasteiger partial charge in [0.05, 0.1) is 0 Å². The van der Waals surface area contributed by atoms with E-state index in [-0.39, 0.29) is 29.7 Å². The number of thiazole rings is 1. The van der Waals surface area contributed by atoms with Crippen LogP contribution >= 0.6 is 11.3 Å². The third-order valence-corrected chi connectivity index (χ3v) is 7.87. The Morgan fingerprint density at radius 3 is 2.41 bits per heavy atom. The van der Waals surface area contributed by atoms with Gasteiger partial charge < -0.3 is 9.42 Å². The number of amides is 1. The van der Waals surface area contributed by atoms with Crippen molar-refractivity contribution in [2.24, 2.45) is 0 Å². The summed E-state index contributed by atoms with van der Waals surface area (Å²) in [7, 11) is -3.70. The molecule has 3 aromatic rings. The van der Waals surface area contributed by atoms with Crippen LogP contribution in [0, 0.1) is 13.8 Å². The Labute approximate surface area is 172 Å². The first-order valence-corrected chi connectivity index (χ1v) is 11.4. The number of piperazine rings is 1. The van der Waals surface area contributed by atoms with Crippen molar-refractivity contribution in [1.29, 1.82) is 0 Å². The Bertz CT molecular complexity index is 1110. The number of carbonyl (C=O) groups is 1. The highest BCUT2D eigenvalue weighted by Gasteiger charge is 2.34. The van der Waals surface area contributed by atoms with Crippen LogP contribution in [0.3, 0.4) is 0 Å². The van der Waals surface area contributed by atoms with Gasteiger partial charge in [-0.05, 0) is 13.8 Å². The first-order chi connectivity index (χ1) is 13.9. The molecule has 152 valence electrons. The molecule has 0 saturated carbocycles. The van der Waals surface area contributed by atoms with Gasteiger partial charge in [0.25, 0.3) is 5.91 Å². The summed E-state index contributed by atoms with van der Waals surface area (Å²) in [5, 5.41) is 6.27. The van der Waals surface area contributed by atoms with Crippen molar-refractivity contribution in [3.8, 4) is 10.6 Å². The zero-order valence-electron chi connectivity index (χ0n) is 16.0. The van der Waals surface area contributed by atoms with Gasteiger partial charge in [0, 0.05) is 37.1 Å². The lowest BCUT2D eigenvalue weighted by atomic mass is 10.2. The molecule has 10 heteroatoms. The molecule has 29 heavy (non-hydrogen) atoms. The Morgan fingerprint density at radius 1 is 1.10 bits per heavy atom. The van der Waals surface area contributed by atoms with Crippen molar-refractivity contribution in [3.05, 3.63) is 52.9 Å². The molecule has 3 heterocycles. The summed E-state index contributed by atoms with van der Waals surface area (Å²) in [6.07, 6.45) is 0. The second-order valence-electron chi connectivity index (χ2n) is 6.75. The summed E-state index contributed by atoms with van der Waals surface area (Å²) in [6, 6.07) is 9.68. The maximum Gasteiger partial charge on any atom is 0.273 e. The average Bonchev–Trinajstić information content (AvgIpc) is 3.35. The number of nitrogens with zero attached hydrogens (tertiary/aromatic N) is 4. The standard InChI is InChI=1S/C19H20N4O4S2/c1-13-17(14(2)27-21-13)29(25,26)23-10-8-22(9-11-23)19(24)16-12-28-18(20-16)15-6-4-3-5-7-15/h3-7,12H,8-11H2,1-2H3. The van der Waals surface area contributed by atoms with Crippen LogP contribution in [0.1, 0.15) is 21.9 Å². The highest BCUT2D eigenvalue weighted by molar-refractivity contribution is 7.89. The maximum absolute atomic E-state index is 12.9. The van der Waals surface area contributed by atoms with E-state index in [0.29, 0.717) is 24.5 Å². The highest BCUT2D eigenvalue weighted by Crippen LogP contribution is 2.26. The van der Waals surface area contributed by atoms with Crippen LogP contribution in [0.5, 0.6) is 0 Å². The van der Waals surface area contributed by atoms with Crippen molar-refractivity contribution >= 4 is 27.3 Å². The molecule has 2 aromatic heterocycles. The fourth-order valence-electron chi connectivity index (χ4n) is 3.35. The normalized spacial score (nSPS) is 15.6. The largest absolute Gasteiger partial charge is 0.360 e. The molecule has 0 spiro atoms. The van der Waals surface area contributed by atoms with Crippen molar-refractivity contribution < 1.29 is 17.7 Å². The molecule has 8 nitrogen and oxygen atoms in total. The molecule has 0 atom stereocenters. The lowest BCUT2D eigenvalue weighted by Gasteiger charge is -2.33. The van der Waals surface area contributed by atoms with Gasteiger partial charge in [0.15, 0.2) is 5.76 Å². The topological polar surface area (TPSA) is 96.6 Å². The van der Waals surface area contributed by atoms with E-state index in [1.807, 2.05) is 30.3 Å². The fourth-order valence-corrected chi connectivity index (χ4v) is 5.86. The van der Waals surface area contributed by atoms with Gasteiger partial charge in [-0.25, -0.2) is 13.4 Å². The van der Waals surface area contributed by atoms with E-state index in [1.54, 1.807) is 24.1 Å². The van der Waals surface area contributed by atoms with Crippen LogP contribution in [0.15, 0.2) is 45.1 Å². The summed E-state index contributed by atoms with van der Waals surface area (Å²) in [5.74, 6) is 0.0924. The SMILES string of the molecule is Cc1noc(C)c1S(=O)(=O)N1CCN(C(=O)c2csc(-c3ccccc3)n2)CC1. The molecule has 1 amide bonds. The van der Waals surface area contributed by atoms with Crippen LogP contribution in [0.2, 0.25) is 0 Å². The van der Waals surface area contributed by atoms with E-state index in [4.69, 9.17) is 4.52 Å². The first kappa shape index (κ1) is 19.7. The van der Waals surface area contributed by atoms with Gasteiger partial charge >= 0.3 is 0 Å². The predicted octanol–water partition coefficient (Wildman–Crippen LogP) is 2.56. The smallest absolute Gasteiger partial charge is 0.273 e. The van der Waals surface area contributed by atoms with Gasteiger partial charge in [-0.2, -0.15) is 4.31 Å². The van der Waals surface area contributed by atoms with Gasteiger partial charge in [-0.15, -0.1) is 11.3 Å². The van der Waals surface area contributed by atoms with Crippen LogP contribution in [-0.2, 0) is 10.0 Å². The van der Waals surface area contributed by atoms with Crippen molar-refractivity contribution in [3.63, 3.8) is 0 Å². The average molecular weight is 433 g/mol. The quantitative estimate of drug-likeness (QED) is 0.629. The maximum atomic E-state index is 12.9. The van der Waals surface area contributed by atoms with E-state index >= 15 is 0 Å². The molecule has 0 radical (unpaired) electrons. The van der Waals surface area contributed by atoms with Gasteiger partial charge in [0.1, 0.15) is 21.3 Å². The molecule has 1 saturated heterocycles. The molecule has 0 aliphatic carbocycles. The molecule has 4 rings (SSSR count). The molecule has 0 bridgehead atoms. The number of aromatic nitrogens is 2. The number of aryl methyl sites for hydroxylation is 2. The first-order valence-electron chi connectivity index (χ1n) is 9.11. The van der Waals surface area contributed by atoms with Crippen LogP contribution < -0.4 is 0 Å². The molecular weight excluding hydrogens is 412 g/mol.